The van der Waals surface area contributed by atoms with E-state index in [1.807, 2.05) is 0 Å². The fourth-order valence-corrected chi connectivity index (χ4v) is 12.5. The van der Waals surface area contributed by atoms with Crippen LogP contribution in [-0.2, 0) is 10.8 Å². The Hall–Kier alpha value is -9.24. The maximum atomic E-state index is 6.91. The average molecular weight is 918 g/mol. The van der Waals surface area contributed by atoms with Gasteiger partial charge in [-0.15, -0.1) is 0 Å². The first-order chi connectivity index (χ1) is 35.7. The molecular weight excluding hydrogens is 871 g/mol. The summed E-state index contributed by atoms with van der Waals surface area (Å²) < 4.78 is 6.91. The highest BCUT2D eigenvalue weighted by atomic mass is 16.3. The number of fused-ring (bicyclic) bond motifs is 7. The number of nitrogens with zero attached hydrogens (tertiary/aromatic N) is 1. The van der Waals surface area contributed by atoms with Gasteiger partial charge in [-0.25, -0.2) is 0 Å². The molecule has 338 valence electrons. The Morgan fingerprint density at radius 3 is 1.07 bits per heavy atom. The quantitative estimate of drug-likeness (QED) is 0.143. The van der Waals surface area contributed by atoms with Gasteiger partial charge in [0.1, 0.15) is 11.3 Å². The lowest BCUT2D eigenvalue weighted by atomic mass is 9.67. The first-order valence-corrected chi connectivity index (χ1v) is 24.9. The zero-order chi connectivity index (χ0) is 47.6. The van der Waals surface area contributed by atoms with Crippen LogP contribution in [0.1, 0.15) is 44.5 Å². The minimum atomic E-state index is -0.578. The van der Waals surface area contributed by atoms with Crippen LogP contribution in [0.15, 0.2) is 290 Å². The second kappa shape index (κ2) is 16.7. The Morgan fingerprint density at radius 2 is 0.625 bits per heavy atom. The van der Waals surface area contributed by atoms with E-state index in [2.05, 4.69) is 290 Å². The molecule has 2 aliphatic rings. The molecule has 0 saturated carbocycles. The van der Waals surface area contributed by atoms with Gasteiger partial charge in [0.25, 0.3) is 0 Å². The Kier molecular flexibility index (Phi) is 9.69. The number of anilines is 3. The molecule has 2 heteroatoms. The van der Waals surface area contributed by atoms with Crippen molar-refractivity contribution in [1.82, 2.24) is 0 Å². The van der Waals surface area contributed by atoms with Gasteiger partial charge in [0.05, 0.1) is 10.8 Å². The molecule has 0 bridgehead atoms. The van der Waals surface area contributed by atoms with Crippen LogP contribution in [0, 0.1) is 0 Å². The van der Waals surface area contributed by atoms with E-state index >= 15 is 0 Å². The minimum absolute atomic E-state index is 0.578. The summed E-state index contributed by atoms with van der Waals surface area (Å²) in [5.74, 6) is 0.858. The molecule has 1 heterocycles. The van der Waals surface area contributed by atoms with Gasteiger partial charge in [-0.2, -0.15) is 0 Å². The van der Waals surface area contributed by atoms with E-state index in [9.17, 15) is 0 Å². The normalized spacial score (nSPS) is 13.5. The van der Waals surface area contributed by atoms with Crippen LogP contribution in [0.25, 0.3) is 55.7 Å². The number of hydrogen-bond acceptors (Lipinski definition) is 2. The molecule has 0 saturated heterocycles. The molecule has 12 aromatic rings. The van der Waals surface area contributed by atoms with Crippen LogP contribution in [0.4, 0.5) is 17.1 Å². The van der Waals surface area contributed by atoms with Gasteiger partial charge in [0.2, 0.25) is 0 Å². The third-order valence-corrected chi connectivity index (χ3v) is 15.4. The van der Waals surface area contributed by atoms with Crippen LogP contribution in [0.3, 0.4) is 0 Å². The van der Waals surface area contributed by atoms with Gasteiger partial charge < -0.3 is 9.32 Å². The Morgan fingerprint density at radius 1 is 0.278 bits per heavy atom. The molecule has 1 aromatic heterocycles. The Balaban J connectivity index is 1.07. The molecule has 0 N–H and O–H groups in total. The summed E-state index contributed by atoms with van der Waals surface area (Å²) in [5.41, 5.74) is 21.0. The van der Waals surface area contributed by atoms with Crippen molar-refractivity contribution in [2.75, 3.05) is 4.90 Å². The molecular formula is C70H47NO. The fourth-order valence-electron chi connectivity index (χ4n) is 12.5. The summed E-state index contributed by atoms with van der Waals surface area (Å²) in [6.07, 6.45) is 0. The monoisotopic (exact) mass is 917 g/mol. The highest BCUT2D eigenvalue weighted by Crippen LogP contribution is 2.60. The van der Waals surface area contributed by atoms with E-state index in [1.54, 1.807) is 0 Å². The van der Waals surface area contributed by atoms with Gasteiger partial charge in [-0.3, -0.25) is 0 Å². The predicted molar refractivity (Wildman–Crippen MR) is 296 cm³/mol. The van der Waals surface area contributed by atoms with Crippen LogP contribution < -0.4 is 4.90 Å². The highest BCUT2D eigenvalue weighted by molar-refractivity contribution is 6.04. The van der Waals surface area contributed by atoms with Crippen LogP contribution in [0.5, 0.6) is 0 Å². The van der Waals surface area contributed by atoms with E-state index in [0.717, 1.165) is 50.5 Å². The van der Waals surface area contributed by atoms with Crippen LogP contribution in [0.2, 0.25) is 0 Å². The summed E-state index contributed by atoms with van der Waals surface area (Å²) in [4.78, 5) is 2.48. The molecule has 0 amide bonds. The van der Waals surface area contributed by atoms with E-state index < -0.39 is 10.8 Å². The fraction of sp³-hybridized carbons (Fsp3) is 0.0286. The average Bonchev–Trinajstić information content (AvgIpc) is 4.10. The number of furan rings is 1. The topological polar surface area (TPSA) is 16.4 Å². The molecule has 0 fully saturated rings. The summed E-state index contributed by atoms with van der Waals surface area (Å²) in [5, 5.41) is 1.05. The van der Waals surface area contributed by atoms with E-state index in [4.69, 9.17) is 4.42 Å². The molecule has 14 rings (SSSR count). The van der Waals surface area contributed by atoms with Crippen molar-refractivity contribution in [3.63, 3.8) is 0 Å². The Bertz CT molecular complexity index is 3700. The summed E-state index contributed by atoms with van der Waals surface area (Å²) in [6, 6.07) is 105. The van der Waals surface area contributed by atoms with Crippen molar-refractivity contribution in [2.45, 2.75) is 10.8 Å². The maximum absolute atomic E-state index is 6.91. The van der Waals surface area contributed by atoms with Crippen molar-refractivity contribution in [2.24, 2.45) is 0 Å². The number of benzene rings is 11. The molecule has 0 radical (unpaired) electrons. The largest absolute Gasteiger partial charge is 0.455 e. The lowest BCUT2D eigenvalue weighted by molar-refractivity contribution is 0.632. The van der Waals surface area contributed by atoms with Gasteiger partial charge >= 0.3 is 0 Å². The van der Waals surface area contributed by atoms with Crippen molar-refractivity contribution in [3.05, 3.63) is 330 Å². The smallest absolute Gasteiger partial charge is 0.143 e. The standard InChI is InChI=1S/C70H47NO/c1-7-23-48(24-8-1)67-61-45-54(41-44-66(61)72-68(67)49-25-9-2-10-26-49)71(55-39-42-59-57-35-19-21-37-62(57)69(64(59)46-55,50-27-11-3-12-28-50)51-29-13-4-14-30-51)56-40-43-60-58-36-20-22-38-63(58)70(65(60)47-56,52-31-15-5-16-32-52)53-33-17-6-18-34-53/h1-47H. The van der Waals surface area contributed by atoms with E-state index in [1.165, 1.54) is 66.8 Å². The second-order valence-electron chi connectivity index (χ2n) is 19.1. The second-order valence-corrected chi connectivity index (χ2v) is 19.1. The predicted octanol–water partition coefficient (Wildman–Crippen LogP) is 18.0. The van der Waals surface area contributed by atoms with Crippen molar-refractivity contribution in [1.29, 1.82) is 0 Å². The number of hydrogen-bond donors (Lipinski definition) is 0. The van der Waals surface area contributed by atoms with Gasteiger partial charge in [0, 0.05) is 33.6 Å². The van der Waals surface area contributed by atoms with Crippen molar-refractivity contribution < 1.29 is 4.42 Å². The molecule has 11 aromatic carbocycles. The van der Waals surface area contributed by atoms with Crippen molar-refractivity contribution in [3.8, 4) is 44.7 Å². The van der Waals surface area contributed by atoms with Crippen molar-refractivity contribution >= 4 is 28.0 Å². The molecule has 2 aliphatic carbocycles. The van der Waals surface area contributed by atoms with Gasteiger partial charge in [-0.05, 0) is 115 Å². The zero-order valence-electron chi connectivity index (χ0n) is 39.5. The summed E-state index contributed by atoms with van der Waals surface area (Å²) >= 11 is 0. The molecule has 0 spiro atoms. The Labute approximate surface area is 420 Å². The lowest BCUT2D eigenvalue weighted by Crippen LogP contribution is -2.29. The first kappa shape index (κ1) is 41.7. The van der Waals surface area contributed by atoms with E-state index in [-0.39, 0.29) is 0 Å². The third kappa shape index (κ3) is 6.16. The molecule has 0 atom stereocenters. The summed E-state index contributed by atoms with van der Waals surface area (Å²) in [7, 11) is 0. The molecule has 2 nitrogen and oxygen atoms in total. The van der Waals surface area contributed by atoms with Gasteiger partial charge in [-0.1, -0.05) is 243 Å². The maximum Gasteiger partial charge on any atom is 0.143 e. The van der Waals surface area contributed by atoms with E-state index in [0.29, 0.717) is 0 Å². The molecule has 0 aliphatic heterocycles. The number of rotatable bonds is 9. The molecule has 72 heavy (non-hydrogen) atoms. The molecule has 0 unspecified atom stereocenters. The SMILES string of the molecule is c1ccc(-c2oc3ccc(N(c4ccc5c(c4)C(c4ccccc4)(c4ccccc4)c4ccccc4-5)c4ccc5c(c4)C(c4ccccc4)(c4ccccc4)c4ccccc4-5)cc3c2-c2ccccc2)cc1. The minimum Gasteiger partial charge on any atom is -0.455 e. The highest BCUT2D eigenvalue weighted by Gasteiger charge is 2.48. The first-order valence-electron chi connectivity index (χ1n) is 24.9. The van der Waals surface area contributed by atoms with Gasteiger partial charge in [0.15, 0.2) is 0 Å². The lowest BCUT2D eigenvalue weighted by Gasteiger charge is -2.36. The van der Waals surface area contributed by atoms with Crippen LogP contribution >= 0.6 is 0 Å². The summed E-state index contributed by atoms with van der Waals surface area (Å²) in [6.45, 7) is 0. The van der Waals surface area contributed by atoms with Crippen LogP contribution in [-0.4, -0.2) is 0 Å². The zero-order valence-corrected chi connectivity index (χ0v) is 39.5. The third-order valence-electron chi connectivity index (χ3n) is 15.4.